The van der Waals surface area contributed by atoms with Crippen LogP contribution in [0.4, 0.5) is 0 Å². The zero-order chi connectivity index (χ0) is 10.8. The van der Waals surface area contributed by atoms with Crippen LogP contribution >= 0.6 is 0 Å². The van der Waals surface area contributed by atoms with E-state index in [1.807, 2.05) is 4.57 Å². The average Bonchev–Trinajstić information content (AvgIpc) is 2.60. The number of nitrogens with two attached hydrogens (primary N) is 1. The number of Topliss-reactive ketones (excluding diaryl/α,β-unsaturated/α-hetero) is 1. The van der Waals surface area contributed by atoms with Crippen molar-refractivity contribution in [1.29, 1.82) is 0 Å². The van der Waals surface area contributed by atoms with E-state index in [-0.39, 0.29) is 11.8 Å². The Morgan fingerprint density at radius 3 is 3.20 bits per heavy atom. The van der Waals surface area contributed by atoms with Gasteiger partial charge in [-0.15, -0.1) is 10.2 Å². The van der Waals surface area contributed by atoms with Gasteiger partial charge in [-0.2, -0.15) is 0 Å². The summed E-state index contributed by atoms with van der Waals surface area (Å²) in [6, 6.07) is 0.147. The van der Waals surface area contributed by atoms with E-state index >= 15 is 0 Å². The molecular formula is C9H15N5O. The molecule has 0 amide bonds. The predicted molar refractivity (Wildman–Crippen MR) is 54.6 cm³/mol. The Hall–Kier alpha value is -1.27. The van der Waals surface area contributed by atoms with Gasteiger partial charge in [-0.05, 0) is 13.5 Å². The smallest absolute Gasteiger partial charge is 0.213 e. The van der Waals surface area contributed by atoms with Crippen LogP contribution in [0.15, 0.2) is 0 Å². The lowest BCUT2D eigenvalue weighted by Crippen LogP contribution is -2.32. The summed E-state index contributed by atoms with van der Waals surface area (Å²) in [5, 5.41) is 10.7. The minimum absolute atomic E-state index is 0.0216. The van der Waals surface area contributed by atoms with Crippen molar-refractivity contribution >= 4 is 5.78 Å². The number of aromatic nitrogens is 3. The molecule has 0 saturated heterocycles. The van der Waals surface area contributed by atoms with Crippen LogP contribution in [0, 0.1) is 0 Å². The van der Waals surface area contributed by atoms with Gasteiger partial charge in [-0.3, -0.25) is 4.79 Å². The maximum Gasteiger partial charge on any atom is 0.213 e. The largest absolute Gasteiger partial charge is 0.327 e. The Morgan fingerprint density at radius 2 is 2.47 bits per heavy atom. The van der Waals surface area contributed by atoms with Crippen molar-refractivity contribution in [3.05, 3.63) is 11.6 Å². The van der Waals surface area contributed by atoms with Crippen LogP contribution in [-0.4, -0.2) is 40.2 Å². The van der Waals surface area contributed by atoms with Gasteiger partial charge in [0, 0.05) is 19.0 Å². The van der Waals surface area contributed by atoms with Gasteiger partial charge in [0.15, 0.2) is 0 Å². The van der Waals surface area contributed by atoms with Crippen LogP contribution < -0.4 is 11.1 Å². The van der Waals surface area contributed by atoms with Gasteiger partial charge in [0.1, 0.15) is 5.82 Å². The lowest BCUT2D eigenvalue weighted by molar-refractivity contribution is 0.0978. The van der Waals surface area contributed by atoms with Gasteiger partial charge in [0.05, 0.1) is 6.54 Å². The van der Waals surface area contributed by atoms with Crippen molar-refractivity contribution in [2.75, 3.05) is 13.6 Å². The Morgan fingerprint density at radius 1 is 1.67 bits per heavy atom. The van der Waals surface area contributed by atoms with E-state index < -0.39 is 0 Å². The standard InChI is InChI=1S/C9H15N5O/c1-11-5-7(15)9-13-12-8-4-6(10)2-3-14(8)9/h6,11H,2-5,10H2,1H3. The Labute approximate surface area is 87.9 Å². The van der Waals surface area contributed by atoms with Gasteiger partial charge < -0.3 is 15.6 Å². The molecular weight excluding hydrogens is 194 g/mol. The van der Waals surface area contributed by atoms with Gasteiger partial charge in [-0.25, -0.2) is 0 Å². The average molecular weight is 209 g/mol. The van der Waals surface area contributed by atoms with Crippen LogP contribution in [0.25, 0.3) is 0 Å². The fraction of sp³-hybridized carbons (Fsp3) is 0.667. The molecule has 0 radical (unpaired) electrons. The summed E-state index contributed by atoms with van der Waals surface area (Å²) in [5.41, 5.74) is 5.82. The zero-order valence-corrected chi connectivity index (χ0v) is 8.73. The molecule has 6 nitrogen and oxygen atoms in total. The lowest BCUT2D eigenvalue weighted by atomic mass is 10.1. The normalized spacial score (nSPS) is 20.0. The highest BCUT2D eigenvalue weighted by Crippen LogP contribution is 2.13. The van der Waals surface area contributed by atoms with E-state index in [2.05, 4.69) is 15.5 Å². The summed E-state index contributed by atoms with van der Waals surface area (Å²) in [6.07, 6.45) is 1.59. The fourth-order valence-corrected chi connectivity index (χ4v) is 1.80. The molecule has 6 heteroatoms. The Kier molecular flexibility index (Phi) is 2.79. The maximum atomic E-state index is 11.6. The SMILES string of the molecule is CNCC(=O)c1nnc2n1CCC(N)C2. The molecule has 1 unspecified atom stereocenters. The second-order valence-electron chi connectivity index (χ2n) is 3.80. The van der Waals surface area contributed by atoms with Crippen LogP contribution in [0.1, 0.15) is 22.9 Å². The number of likely N-dealkylation sites (N-methyl/N-ethyl adjacent to an activating group) is 1. The number of hydrogen-bond donors (Lipinski definition) is 2. The third-order valence-corrected chi connectivity index (χ3v) is 2.58. The van der Waals surface area contributed by atoms with E-state index in [1.54, 1.807) is 7.05 Å². The molecule has 1 aromatic rings. The molecule has 0 spiro atoms. The summed E-state index contributed by atoms with van der Waals surface area (Å²) in [6.45, 7) is 1.04. The molecule has 0 aromatic carbocycles. The third kappa shape index (κ3) is 1.91. The quantitative estimate of drug-likeness (QED) is 0.621. The first-order chi connectivity index (χ1) is 7.22. The molecule has 1 aliphatic heterocycles. The second kappa shape index (κ2) is 4.08. The van der Waals surface area contributed by atoms with Crippen molar-refractivity contribution in [1.82, 2.24) is 20.1 Å². The van der Waals surface area contributed by atoms with Crippen LogP contribution in [0.2, 0.25) is 0 Å². The number of fused-ring (bicyclic) bond motifs is 1. The lowest BCUT2D eigenvalue weighted by Gasteiger charge is -2.19. The highest BCUT2D eigenvalue weighted by Gasteiger charge is 2.23. The van der Waals surface area contributed by atoms with Crippen LogP contribution in [-0.2, 0) is 13.0 Å². The molecule has 82 valence electrons. The monoisotopic (exact) mass is 209 g/mol. The molecule has 15 heavy (non-hydrogen) atoms. The van der Waals surface area contributed by atoms with E-state index in [9.17, 15) is 4.79 Å². The zero-order valence-electron chi connectivity index (χ0n) is 8.73. The molecule has 0 fully saturated rings. The van der Waals surface area contributed by atoms with Gasteiger partial charge in [-0.1, -0.05) is 0 Å². The summed E-state index contributed by atoms with van der Waals surface area (Å²) < 4.78 is 1.88. The van der Waals surface area contributed by atoms with Crippen molar-refractivity contribution in [2.24, 2.45) is 5.73 Å². The number of carbonyl (C=O) groups excluding carboxylic acids is 1. The van der Waals surface area contributed by atoms with Crippen LogP contribution in [0.5, 0.6) is 0 Å². The number of nitrogens with one attached hydrogen (secondary N) is 1. The topological polar surface area (TPSA) is 85.8 Å². The predicted octanol–water partition coefficient (Wildman–Crippen LogP) is -1.05. The maximum absolute atomic E-state index is 11.6. The molecule has 1 aliphatic rings. The first-order valence-electron chi connectivity index (χ1n) is 5.08. The Bertz CT molecular complexity index is 373. The first-order valence-corrected chi connectivity index (χ1v) is 5.08. The molecule has 3 N–H and O–H groups in total. The van der Waals surface area contributed by atoms with Crippen LogP contribution in [0.3, 0.4) is 0 Å². The second-order valence-corrected chi connectivity index (χ2v) is 3.80. The highest BCUT2D eigenvalue weighted by atomic mass is 16.1. The van der Waals surface area contributed by atoms with Crippen molar-refractivity contribution < 1.29 is 4.79 Å². The minimum atomic E-state index is -0.0216. The first kappa shape index (κ1) is 10.3. The third-order valence-electron chi connectivity index (χ3n) is 2.58. The van der Waals surface area contributed by atoms with E-state index in [0.29, 0.717) is 18.8 Å². The van der Waals surface area contributed by atoms with Gasteiger partial charge in [0.2, 0.25) is 11.6 Å². The number of rotatable bonds is 3. The minimum Gasteiger partial charge on any atom is -0.327 e. The van der Waals surface area contributed by atoms with E-state index in [4.69, 9.17) is 5.73 Å². The molecule has 0 saturated carbocycles. The molecule has 2 rings (SSSR count). The number of carbonyl (C=O) groups is 1. The molecule has 0 aliphatic carbocycles. The molecule has 2 heterocycles. The van der Waals surface area contributed by atoms with Crippen molar-refractivity contribution in [3.8, 4) is 0 Å². The summed E-state index contributed by atoms with van der Waals surface area (Å²) in [4.78, 5) is 11.6. The van der Waals surface area contributed by atoms with Crippen molar-refractivity contribution in [2.45, 2.75) is 25.4 Å². The fourth-order valence-electron chi connectivity index (χ4n) is 1.80. The number of hydrogen-bond acceptors (Lipinski definition) is 5. The number of nitrogens with zero attached hydrogens (tertiary/aromatic N) is 3. The van der Waals surface area contributed by atoms with E-state index in [0.717, 1.165) is 18.8 Å². The van der Waals surface area contributed by atoms with E-state index in [1.165, 1.54) is 0 Å². The number of ketones is 1. The van der Waals surface area contributed by atoms with Gasteiger partial charge in [0.25, 0.3) is 0 Å². The van der Waals surface area contributed by atoms with Gasteiger partial charge >= 0.3 is 0 Å². The summed E-state index contributed by atoms with van der Waals surface area (Å²) in [5.74, 6) is 1.26. The Balaban J connectivity index is 2.24. The molecule has 1 atom stereocenters. The molecule has 1 aromatic heterocycles. The highest BCUT2D eigenvalue weighted by molar-refractivity contribution is 5.94. The summed E-state index contributed by atoms with van der Waals surface area (Å²) in [7, 11) is 1.74. The van der Waals surface area contributed by atoms with Crippen molar-refractivity contribution in [3.63, 3.8) is 0 Å². The summed E-state index contributed by atoms with van der Waals surface area (Å²) >= 11 is 0. The molecule has 0 bridgehead atoms.